The Balaban J connectivity index is 4.09. The van der Waals surface area contributed by atoms with Gasteiger partial charge < -0.3 is 20.6 Å². The van der Waals surface area contributed by atoms with E-state index in [1.165, 1.54) is 0 Å². The zero-order chi connectivity index (χ0) is 15.4. The molecule has 7 nitrogen and oxygen atoms in total. The van der Waals surface area contributed by atoms with E-state index < -0.39 is 18.4 Å². The molecule has 3 N–H and O–H groups in total. The van der Waals surface area contributed by atoms with Crippen LogP contribution in [-0.2, 0) is 9.59 Å². The summed E-state index contributed by atoms with van der Waals surface area (Å²) in [7, 11) is 0. The van der Waals surface area contributed by atoms with E-state index in [-0.39, 0.29) is 12.6 Å². The fourth-order valence-corrected chi connectivity index (χ4v) is 1.52. The van der Waals surface area contributed by atoms with Crippen molar-refractivity contribution in [1.29, 1.82) is 0 Å². The molecule has 0 spiro atoms. The van der Waals surface area contributed by atoms with Crippen LogP contribution in [0.25, 0.3) is 0 Å². The predicted octanol–water partition coefficient (Wildman–Crippen LogP) is 0.799. The quantitative estimate of drug-likeness (QED) is 0.553. The van der Waals surface area contributed by atoms with E-state index in [0.717, 1.165) is 25.7 Å². The number of carbonyl (C=O) groups excluding carboxylic acids is 2. The molecular formula is C13H25N3O4. The average Bonchev–Trinajstić information content (AvgIpc) is 2.42. The summed E-state index contributed by atoms with van der Waals surface area (Å²) in [5, 5.41) is 13.1. The number of amides is 3. The van der Waals surface area contributed by atoms with Gasteiger partial charge in [0.2, 0.25) is 5.91 Å². The summed E-state index contributed by atoms with van der Waals surface area (Å²) in [4.78, 5) is 35.2. The third-order valence-corrected chi connectivity index (χ3v) is 2.69. The Morgan fingerprint density at radius 3 is 1.95 bits per heavy atom. The van der Waals surface area contributed by atoms with Crippen LogP contribution in [0, 0.1) is 0 Å². The van der Waals surface area contributed by atoms with Gasteiger partial charge in [-0.25, -0.2) is 4.79 Å². The van der Waals surface area contributed by atoms with E-state index in [4.69, 9.17) is 5.11 Å². The Morgan fingerprint density at radius 1 is 0.950 bits per heavy atom. The minimum absolute atomic E-state index is 0.207. The summed E-state index contributed by atoms with van der Waals surface area (Å²) >= 11 is 0. The van der Waals surface area contributed by atoms with Crippen LogP contribution in [0.4, 0.5) is 4.79 Å². The van der Waals surface area contributed by atoms with Crippen LogP contribution in [0.5, 0.6) is 0 Å². The highest BCUT2D eigenvalue weighted by atomic mass is 16.4. The van der Waals surface area contributed by atoms with Crippen LogP contribution in [0.1, 0.15) is 39.5 Å². The van der Waals surface area contributed by atoms with Crippen molar-refractivity contribution in [2.24, 2.45) is 0 Å². The van der Waals surface area contributed by atoms with Crippen molar-refractivity contribution in [3.8, 4) is 0 Å². The molecule has 3 amide bonds. The van der Waals surface area contributed by atoms with Crippen molar-refractivity contribution in [2.75, 3.05) is 26.2 Å². The van der Waals surface area contributed by atoms with Crippen molar-refractivity contribution in [3.05, 3.63) is 0 Å². The van der Waals surface area contributed by atoms with Crippen LogP contribution >= 0.6 is 0 Å². The third kappa shape index (κ3) is 9.18. The normalized spacial score (nSPS) is 9.90. The minimum Gasteiger partial charge on any atom is -0.480 e. The number of rotatable bonds is 10. The number of carboxylic acid groups (broad SMARTS) is 1. The number of hydrogen-bond donors (Lipinski definition) is 3. The molecule has 0 atom stereocenters. The second kappa shape index (κ2) is 11.1. The third-order valence-electron chi connectivity index (χ3n) is 2.69. The summed E-state index contributed by atoms with van der Waals surface area (Å²) in [6.45, 7) is 4.79. The Morgan fingerprint density at radius 2 is 1.50 bits per heavy atom. The first kappa shape index (κ1) is 18.2. The van der Waals surface area contributed by atoms with Crippen LogP contribution < -0.4 is 10.6 Å². The van der Waals surface area contributed by atoms with E-state index in [1.807, 2.05) is 0 Å². The van der Waals surface area contributed by atoms with Gasteiger partial charge in [-0.1, -0.05) is 26.7 Å². The van der Waals surface area contributed by atoms with Crippen LogP contribution in [0.2, 0.25) is 0 Å². The molecule has 0 aromatic rings. The lowest BCUT2D eigenvalue weighted by Gasteiger charge is -2.22. The monoisotopic (exact) mass is 287 g/mol. The number of nitrogens with zero attached hydrogens (tertiary/aromatic N) is 1. The maximum Gasteiger partial charge on any atom is 0.322 e. The van der Waals surface area contributed by atoms with Gasteiger partial charge >= 0.3 is 12.0 Å². The van der Waals surface area contributed by atoms with E-state index in [1.54, 1.807) is 4.90 Å². The smallest absolute Gasteiger partial charge is 0.322 e. The molecule has 0 aromatic carbocycles. The summed E-state index contributed by atoms with van der Waals surface area (Å²) in [6.07, 6.45) is 3.83. The second-order valence-corrected chi connectivity index (χ2v) is 4.52. The molecule has 0 radical (unpaired) electrons. The highest BCUT2D eigenvalue weighted by Crippen LogP contribution is 1.99. The van der Waals surface area contributed by atoms with E-state index >= 15 is 0 Å². The molecule has 0 aliphatic carbocycles. The first-order chi connectivity index (χ1) is 9.51. The zero-order valence-corrected chi connectivity index (χ0v) is 12.3. The number of carbonyl (C=O) groups is 3. The molecule has 7 heteroatoms. The molecular weight excluding hydrogens is 262 g/mol. The van der Waals surface area contributed by atoms with Gasteiger partial charge in [-0.05, 0) is 12.8 Å². The summed E-state index contributed by atoms with van der Waals surface area (Å²) in [5.74, 6) is -1.62. The molecule has 116 valence electrons. The molecule has 20 heavy (non-hydrogen) atoms. The van der Waals surface area contributed by atoms with Gasteiger partial charge in [0.15, 0.2) is 0 Å². The topological polar surface area (TPSA) is 98.7 Å². The number of hydrogen-bond acceptors (Lipinski definition) is 3. The maximum absolute atomic E-state index is 11.9. The molecule has 0 unspecified atom stereocenters. The van der Waals surface area contributed by atoms with Crippen molar-refractivity contribution in [3.63, 3.8) is 0 Å². The Kier molecular flexibility index (Phi) is 10.1. The number of unbranched alkanes of at least 4 members (excludes halogenated alkanes) is 2. The largest absolute Gasteiger partial charge is 0.480 e. The summed E-state index contributed by atoms with van der Waals surface area (Å²) in [5.41, 5.74) is 0. The van der Waals surface area contributed by atoms with Crippen molar-refractivity contribution >= 4 is 17.9 Å². The molecule has 0 fully saturated rings. The molecule has 0 bridgehead atoms. The van der Waals surface area contributed by atoms with Crippen molar-refractivity contribution < 1.29 is 19.5 Å². The first-order valence-corrected chi connectivity index (χ1v) is 7.02. The molecule has 0 rings (SSSR count). The van der Waals surface area contributed by atoms with Gasteiger partial charge in [0.05, 0.1) is 6.54 Å². The zero-order valence-electron chi connectivity index (χ0n) is 12.3. The SMILES string of the molecule is CCCCN(CCCC)C(=O)NCC(=O)NCC(=O)O. The summed E-state index contributed by atoms with van der Waals surface area (Å²) in [6, 6.07) is -0.280. The standard InChI is InChI=1S/C13H25N3O4/c1-3-5-7-16(8-6-4-2)13(20)15-9-11(17)14-10-12(18)19/h3-10H2,1-2H3,(H,14,17)(H,15,20)(H,18,19). The molecule has 0 aliphatic rings. The Hall–Kier alpha value is -1.79. The highest BCUT2D eigenvalue weighted by molar-refractivity contribution is 5.86. The highest BCUT2D eigenvalue weighted by Gasteiger charge is 2.13. The average molecular weight is 287 g/mol. The van der Waals surface area contributed by atoms with Gasteiger partial charge in [0.25, 0.3) is 0 Å². The molecule has 0 saturated carbocycles. The molecule has 0 aliphatic heterocycles. The van der Waals surface area contributed by atoms with Gasteiger partial charge in [0, 0.05) is 13.1 Å². The lowest BCUT2D eigenvalue weighted by Crippen LogP contribution is -2.45. The van der Waals surface area contributed by atoms with Gasteiger partial charge in [-0.15, -0.1) is 0 Å². The Labute approximate surface area is 119 Å². The van der Waals surface area contributed by atoms with Gasteiger partial charge in [-0.3, -0.25) is 9.59 Å². The first-order valence-electron chi connectivity index (χ1n) is 7.02. The van der Waals surface area contributed by atoms with Crippen LogP contribution in [0.15, 0.2) is 0 Å². The lowest BCUT2D eigenvalue weighted by molar-refractivity contribution is -0.137. The van der Waals surface area contributed by atoms with E-state index in [0.29, 0.717) is 13.1 Å². The number of urea groups is 1. The number of carboxylic acids is 1. The van der Waals surface area contributed by atoms with E-state index in [2.05, 4.69) is 24.5 Å². The van der Waals surface area contributed by atoms with E-state index in [9.17, 15) is 14.4 Å². The fourth-order valence-electron chi connectivity index (χ4n) is 1.52. The second-order valence-electron chi connectivity index (χ2n) is 4.52. The Bertz CT molecular complexity index is 313. The molecule has 0 aromatic heterocycles. The van der Waals surface area contributed by atoms with Crippen LogP contribution in [-0.4, -0.2) is 54.1 Å². The lowest BCUT2D eigenvalue weighted by atomic mass is 10.3. The summed E-state index contributed by atoms with van der Waals surface area (Å²) < 4.78 is 0. The van der Waals surface area contributed by atoms with Crippen LogP contribution in [0.3, 0.4) is 0 Å². The maximum atomic E-state index is 11.9. The number of aliphatic carboxylic acids is 1. The fraction of sp³-hybridized carbons (Fsp3) is 0.769. The molecule has 0 saturated heterocycles. The van der Waals surface area contributed by atoms with Gasteiger partial charge in [-0.2, -0.15) is 0 Å². The number of nitrogens with one attached hydrogen (secondary N) is 2. The molecule has 0 heterocycles. The van der Waals surface area contributed by atoms with Crippen molar-refractivity contribution in [1.82, 2.24) is 15.5 Å². The minimum atomic E-state index is -1.11. The van der Waals surface area contributed by atoms with Crippen molar-refractivity contribution in [2.45, 2.75) is 39.5 Å². The predicted molar refractivity (Wildman–Crippen MR) is 75.4 cm³/mol. The van der Waals surface area contributed by atoms with Gasteiger partial charge in [0.1, 0.15) is 6.54 Å².